The second-order valence-electron chi connectivity index (χ2n) is 5.43. The first kappa shape index (κ1) is 14.6. The minimum absolute atomic E-state index is 0.238. The smallest absolute Gasteiger partial charge is 0.277 e. The van der Waals surface area contributed by atoms with Crippen molar-refractivity contribution in [3.63, 3.8) is 0 Å². The van der Waals surface area contributed by atoms with E-state index in [0.717, 1.165) is 25.9 Å². The molecule has 0 atom stereocenters. The van der Waals surface area contributed by atoms with E-state index in [0.29, 0.717) is 11.3 Å². The zero-order valence-electron chi connectivity index (χ0n) is 12.3. The van der Waals surface area contributed by atoms with Gasteiger partial charge in [0.25, 0.3) is 5.91 Å². The Morgan fingerprint density at radius 2 is 2.18 bits per heavy atom. The molecule has 1 saturated heterocycles. The number of aromatic nitrogens is 3. The molecule has 2 heterocycles. The van der Waals surface area contributed by atoms with Crippen molar-refractivity contribution in [2.75, 3.05) is 18.4 Å². The molecule has 1 amide bonds. The van der Waals surface area contributed by atoms with Gasteiger partial charge in [-0.1, -0.05) is 11.3 Å². The molecule has 1 aliphatic heterocycles. The maximum Gasteiger partial charge on any atom is 0.277 e. The molecule has 0 aliphatic carbocycles. The van der Waals surface area contributed by atoms with Gasteiger partial charge in [0.1, 0.15) is 5.82 Å². The number of amides is 1. The lowest BCUT2D eigenvalue weighted by atomic mass is 10.1. The zero-order chi connectivity index (χ0) is 15.5. The van der Waals surface area contributed by atoms with Gasteiger partial charge < -0.3 is 10.6 Å². The van der Waals surface area contributed by atoms with Crippen LogP contribution in [0.4, 0.5) is 10.1 Å². The van der Waals surface area contributed by atoms with E-state index >= 15 is 0 Å². The van der Waals surface area contributed by atoms with Crippen LogP contribution in [0.2, 0.25) is 0 Å². The second-order valence-corrected chi connectivity index (χ2v) is 5.43. The van der Waals surface area contributed by atoms with Crippen LogP contribution < -0.4 is 10.6 Å². The molecule has 0 bridgehead atoms. The first-order chi connectivity index (χ1) is 10.6. The number of hydrogen-bond acceptors (Lipinski definition) is 4. The Balaban J connectivity index is 1.72. The summed E-state index contributed by atoms with van der Waals surface area (Å²) < 4.78 is 15.2. The highest BCUT2D eigenvalue weighted by Crippen LogP contribution is 2.19. The summed E-state index contributed by atoms with van der Waals surface area (Å²) in [5, 5.41) is 13.9. The number of nitrogens with one attached hydrogen (secondary N) is 2. The molecule has 7 heteroatoms. The summed E-state index contributed by atoms with van der Waals surface area (Å²) in [5.41, 5.74) is 1.09. The highest BCUT2D eigenvalue weighted by atomic mass is 19.1. The van der Waals surface area contributed by atoms with E-state index in [4.69, 9.17) is 0 Å². The molecule has 6 nitrogen and oxygen atoms in total. The Hall–Kier alpha value is -2.28. The van der Waals surface area contributed by atoms with Crippen molar-refractivity contribution in [1.29, 1.82) is 0 Å². The van der Waals surface area contributed by atoms with Crippen molar-refractivity contribution >= 4 is 11.6 Å². The van der Waals surface area contributed by atoms with E-state index in [-0.39, 0.29) is 23.5 Å². The summed E-state index contributed by atoms with van der Waals surface area (Å²) in [6.07, 6.45) is 3.58. The number of carbonyl (C=O) groups is 1. The second kappa shape index (κ2) is 6.23. The van der Waals surface area contributed by atoms with Gasteiger partial charge in [0.15, 0.2) is 5.69 Å². The quantitative estimate of drug-likeness (QED) is 0.908. The van der Waals surface area contributed by atoms with Gasteiger partial charge in [-0.15, -0.1) is 5.10 Å². The van der Waals surface area contributed by atoms with E-state index in [1.54, 1.807) is 29.9 Å². The summed E-state index contributed by atoms with van der Waals surface area (Å²) in [7, 11) is 0. The standard InChI is InChI=1S/C15H18FN5O/c1-10-12(16)3-2-4-13(10)18-15(22)14-9-21(20-19-14)11-5-7-17-8-6-11/h2-4,9,11,17H,5-8H2,1H3,(H,18,22). The molecule has 2 aromatic rings. The average molecular weight is 303 g/mol. The lowest BCUT2D eigenvalue weighted by molar-refractivity contribution is 0.102. The van der Waals surface area contributed by atoms with Crippen LogP contribution >= 0.6 is 0 Å². The Morgan fingerprint density at radius 3 is 2.95 bits per heavy atom. The van der Waals surface area contributed by atoms with E-state index in [2.05, 4.69) is 20.9 Å². The van der Waals surface area contributed by atoms with Crippen LogP contribution in [0.1, 0.15) is 34.9 Å². The number of carbonyl (C=O) groups excluding carboxylic acids is 1. The fraction of sp³-hybridized carbons (Fsp3) is 0.400. The normalized spacial score (nSPS) is 15.7. The van der Waals surface area contributed by atoms with Crippen molar-refractivity contribution < 1.29 is 9.18 Å². The van der Waals surface area contributed by atoms with Crippen molar-refractivity contribution in [2.24, 2.45) is 0 Å². The van der Waals surface area contributed by atoms with Crippen LogP contribution in [0.3, 0.4) is 0 Å². The number of rotatable bonds is 3. The lowest BCUT2D eigenvalue weighted by Gasteiger charge is -2.22. The molecular weight excluding hydrogens is 285 g/mol. The predicted octanol–water partition coefficient (Wildman–Crippen LogP) is 1.90. The minimum Gasteiger partial charge on any atom is -0.320 e. The van der Waals surface area contributed by atoms with E-state index in [1.807, 2.05) is 0 Å². The molecule has 3 rings (SSSR count). The molecule has 1 aliphatic rings. The number of anilines is 1. The number of benzene rings is 1. The maximum absolute atomic E-state index is 13.5. The summed E-state index contributed by atoms with van der Waals surface area (Å²) in [5.74, 6) is -0.731. The number of hydrogen-bond donors (Lipinski definition) is 2. The molecular formula is C15H18FN5O. The largest absolute Gasteiger partial charge is 0.320 e. The number of halogens is 1. The summed E-state index contributed by atoms with van der Waals surface area (Å²) in [6.45, 7) is 3.50. The van der Waals surface area contributed by atoms with Gasteiger partial charge in [-0.2, -0.15) is 0 Å². The average Bonchev–Trinajstić information content (AvgIpc) is 3.03. The van der Waals surface area contributed by atoms with Gasteiger partial charge in [-0.05, 0) is 45.0 Å². The molecule has 0 unspecified atom stereocenters. The number of piperidine rings is 1. The topological polar surface area (TPSA) is 71.8 Å². The third kappa shape index (κ3) is 2.99. The third-order valence-electron chi connectivity index (χ3n) is 3.94. The van der Waals surface area contributed by atoms with Crippen molar-refractivity contribution in [3.05, 3.63) is 41.5 Å². The molecule has 0 spiro atoms. The Labute approximate surface area is 127 Å². The fourth-order valence-electron chi connectivity index (χ4n) is 2.56. The fourth-order valence-corrected chi connectivity index (χ4v) is 2.56. The predicted molar refractivity (Wildman–Crippen MR) is 80.3 cm³/mol. The Kier molecular flexibility index (Phi) is 4.15. The van der Waals surface area contributed by atoms with Crippen LogP contribution in [0.5, 0.6) is 0 Å². The van der Waals surface area contributed by atoms with Gasteiger partial charge in [-0.3, -0.25) is 4.79 Å². The Bertz CT molecular complexity index is 678. The minimum atomic E-state index is -0.381. The summed E-state index contributed by atoms with van der Waals surface area (Å²) in [4.78, 5) is 12.2. The van der Waals surface area contributed by atoms with Crippen LogP contribution in [-0.2, 0) is 0 Å². The molecule has 22 heavy (non-hydrogen) atoms. The van der Waals surface area contributed by atoms with Crippen molar-refractivity contribution in [1.82, 2.24) is 20.3 Å². The molecule has 1 fully saturated rings. The molecule has 0 saturated carbocycles. The van der Waals surface area contributed by atoms with Gasteiger partial charge in [-0.25, -0.2) is 9.07 Å². The van der Waals surface area contributed by atoms with Gasteiger partial charge in [0.05, 0.1) is 12.2 Å². The molecule has 1 aromatic carbocycles. The lowest BCUT2D eigenvalue weighted by Crippen LogP contribution is -2.29. The Morgan fingerprint density at radius 1 is 1.41 bits per heavy atom. The van der Waals surface area contributed by atoms with Crippen molar-refractivity contribution in [2.45, 2.75) is 25.8 Å². The highest BCUT2D eigenvalue weighted by Gasteiger charge is 2.19. The third-order valence-corrected chi connectivity index (χ3v) is 3.94. The first-order valence-electron chi connectivity index (χ1n) is 7.34. The van der Waals surface area contributed by atoms with Gasteiger partial charge in [0, 0.05) is 11.3 Å². The van der Waals surface area contributed by atoms with E-state index in [1.165, 1.54) is 6.07 Å². The molecule has 2 N–H and O–H groups in total. The van der Waals surface area contributed by atoms with Gasteiger partial charge >= 0.3 is 0 Å². The highest BCUT2D eigenvalue weighted by molar-refractivity contribution is 6.03. The maximum atomic E-state index is 13.5. The van der Waals surface area contributed by atoms with Crippen LogP contribution in [0.25, 0.3) is 0 Å². The van der Waals surface area contributed by atoms with E-state index < -0.39 is 0 Å². The molecule has 116 valence electrons. The first-order valence-corrected chi connectivity index (χ1v) is 7.34. The summed E-state index contributed by atoms with van der Waals surface area (Å²) in [6, 6.07) is 4.85. The number of nitrogens with zero attached hydrogens (tertiary/aromatic N) is 3. The van der Waals surface area contributed by atoms with Crippen LogP contribution in [0.15, 0.2) is 24.4 Å². The SMILES string of the molecule is Cc1c(F)cccc1NC(=O)c1cn(C2CCNCC2)nn1. The van der Waals surface area contributed by atoms with Crippen LogP contribution in [0, 0.1) is 12.7 Å². The monoisotopic (exact) mass is 303 g/mol. The van der Waals surface area contributed by atoms with Crippen molar-refractivity contribution in [3.8, 4) is 0 Å². The van der Waals surface area contributed by atoms with Crippen LogP contribution in [-0.4, -0.2) is 34.0 Å². The molecule has 1 aromatic heterocycles. The molecule has 0 radical (unpaired) electrons. The van der Waals surface area contributed by atoms with Gasteiger partial charge in [0.2, 0.25) is 0 Å². The zero-order valence-corrected chi connectivity index (χ0v) is 12.3. The van der Waals surface area contributed by atoms with E-state index in [9.17, 15) is 9.18 Å². The summed E-state index contributed by atoms with van der Waals surface area (Å²) >= 11 is 0.